The molecule has 0 unspecified atom stereocenters. The van der Waals surface area contributed by atoms with Crippen LogP contribution in [0.15, 0.2) is 54.7 Å². The average molecular weight is 549 g/mol. The highest BCUT2D eigenvalue weighted by atomic mass is 32.1. The summed E-state index contributed by atoms with van der Waals surface area (Å²) in [5, 5.41) is 3.75. The summed E-state index contributed by atoms with van der Waals surface area (Å²) in [5.41, 5.74) is 13.0. The van der Waals surface area contributed by atoms with E-state index in [-0.39, 0.29) is 22.4 Å². The zero-order chi connectivity index (χ0) is 27.5. The van der Waals surface area contributed by atoms with Crippen LogP contribution in [0.4, 0.5) is 11.4 Å². The number of hydrogen-bond donors (Lipinski definition) is 4. The zero-order valence-electron chi connectivity index (χ0n) is 21.2. The number of nitrogens with two attached hydrogens (primary N) is 2. The average Bonchev–Trinajstić information content (AvgIpc) is 3.70. The molecule has 0 bridgehead atoms. The van der Waals surface area contributed by atoms with E-state index in [0.717, 1.165) is 35.3 Å². The van der Waals surface area contributed by atoms with Crippen LogP contribution in [-0.4, -0.2) is 53.4 Å². The number of amides is 3. The fourth-order valence-electron chi connectivity index (χ4n) is 4.72. The third kappa shape index (κ3) is 5.16. The Bertz CT molecular complexity index is 1530. The molecule has 202 valence electrons. The van der Waals surface area contributed by atoms with E-state index < -0.39 is 23.8 Å². The van der Waals surface area contributed by atoms with Gasteiger partial charge in [0.05, 0.1) is 18.9 Å². The van der Waals surface area contributed by atoms with Crippen molar-refractivity contribution in [2.75, 3.05) is 30.9 Å². The summed E-state index contributed by atoms with van der Waals surface area (Å²) in [6.45, 7) is 0.944. The summed E-state index contributed by atoms with van der Waals surface area (Å²) in [6.07, 6.45) is 3.37. The first kappa shape index (κ1) is 26.2. The second-order valence-electron chi connectivity index (χ2n) is 9.09. The predicted molar refractivity (Wildman–Crippen MR) is 148 cm³/mol. The molecule has 1 aliphatic heterocycles. The molecule has 0 aliphatic carbocycles. The molecule has 2 aromatic heterocycles. The number of nitrogens with one attached hydrogen (secondary N) is 2. The topological polar surface area (TPSA) is 166 Å². The third-order valence-electron chi connectivity index (χ3n) is 6.66. The number of nitrogen functional groups attached to an aromatic ring is 1. The third-order valence-corrected chi connectivity index (χ3v) is 7.51. The van der Waals surface area contributed by atoms with E-state index in [1.54, 1.807) is 30.5 Å². The van der Waals surface area contributed by atoms with Gasteiger partial charge in [-0.25, -0.2) is 0 Å². The van der Waals surface area contributed by atoms with E-state index in [4.69, 9.17) is 20.9 Å². The SMILES string of the molecule is COc1cccc(N(C(=O)c2snc(C(N)=O)c2N)[C@H](C(=O)NC[C@@H]2CCCO2)c2c[nH]c3ccccc23)c1. The van der Waals surface area contributed by atoms with E-state index in [0.29, 0.717) is 30.2 Å². The summed E-state index contributed by atoms with van der Waals surface area (Å²) >= 11 is 0.751. The van der Waals surface area contributed by atoms with Crippen molar-refractivity contribution in [3.05, 3.63) is 70.9 Å². The van der Waals surface area contributed by atoms with Crippen LogP contribution in [0.2, 0.25) is 0 Å². The molecule has 4 aromatic rings. The molecule has 11 nitrogen and oxygen atoms in total. The summed E-state index contributed by atoms with van der Waals surface area (Å²) in [7, 11) is 1.51. The molecule has 2 atom stereocenters. The number of anilines is 2. The van der Waals surface area contributed by atoms with Gasteiger partial charge < -0.3 is 31.2 Å². The molecule has 3 heterocycles. The van der Waals surface area contributed by atoms with Crippen molar-refractivity contribution in [2.24, 2.45) is 5.73 Å². The molecule has 0 radical (unpaired) electrons. The normalized spacial score (nSPS) is 15.7. The highest BCUT2D eigenvalue weighted by molar-refractivity contribution is 7.09. The van der Waals surface area contributed by atoms with Gasteiger partial charge in [-0.05, 0) is 42.6 Å². The molecule has 5 rings (SSSR count). The van der Waals surface area contributed by atoms with Gasteiger partial charge in [-0.1, -0.05) is 24.3 Å². The molecular weight excluding hydrogens is 520 g/mol. The van der Waals surface area contributed by atoms with Crippen molar-refractivity contribution < 1.29 is 23.9 Å². The van der Waals surface area contributed by atoms with Gasteiger partial charge >= 0.3 is 0 Å². The van der Waals surface area contributed by atoms with Crippen LogP contribution in [0, 0.1) is 0 Å². The number of aromatic amines is 1. The van der Waals surface area contributed by atoms with Crippen molar-refractivity contribution in [3.8, 4) is 5.75 Å². The summed E-state index contributed by atoms with van der Waals surface area (Å²) < 4.78 is 15.1. The number of methoxy groups -OCH3 is 1. The molecule has 0 saturated carbocycles. The van der Waals surface area contributed by atoms with Gasteiger partial charge in [0.15, 0.2) is 5.69 Å². The van der Waals surface area contributed by atoms with E-state index >= 15 is 0 Å². The molecule has 6 N–H and O–H groups in total. The fraction of sp³-hybridized carbons (Fsp3) is 0.259. The summed E-state index contributed by atoms with van der Waals surface area (Å²) in [6, 6.07) is 13.2. The van der Waals surface area contributed by atoms with Crippen molar-refractivity contribution in [2.45, 2.75) is 25.0 Å². The highest BCUT2D eigenvalue weighted by Crippen LogP contribution is 2.37. The standard InChI is InChI=1S/C27H28N6O5S/c1-37-16-7-4-6-15(12-16)33(27(36)24-21(28)22(25(29)34)32-39-24)23(26(35)31-13-17-8-5-11-38-17)19-14-30-20-10-3-2-9-18(19)20/h2-4,6-7,9-10,12,14,17,23,30H,5,8,11,13,28H2,1H3,(H2,29,34)(H,31,35)/t17-,23-/m0/s1. The van der Waals surface area contributed by atoms with E-state index in [2.05, 4.69) is 14.7 Å². The molecule has 3 amide bonds. The summed E-state index contributed by atoms with van der Waals surface area (Å²) in [5.74, 6) is -1.39. The quantitative estimate of drug-likeness (QED) is 0.249. The fourth-order valence-corrected chi connectivity index (χ4v) is 5.46. The minimum absolute atomic E-state index is 0.0108. The number of hydrogen-bond acceptors (Lipinski definition) is 8. The lowest BCUT2D eigenvalue weighted by Gasteiger charge is -2.31. The predicted octanol–water partition coefficient (Wildman–Crippen LogP) is 3.00. The lowest BCUT2D eigenvalue weighted by molar-refractivity contribution is -0.123. The van der Waals surface area contributed by atoms with Gasteiger partial charge in [-0.3, -0.25) is 19.3 Å². The molecule has 0 spiro atoms. The number of H-pyrrole nitrogens is 1. The first-order valence-corrected chi connectivity index (χ1v) is 13.1. The second kappa shape index (κ2) is 11.1. The number of ether oxygens (including phenoxy) is 2. The molecule has 12 heteroatoms. The van der Waals surface area contributed by atoms with Crippen LogP contribution in [0.5, 0.6) is 5.75 Å². The van der Waals surface area contributed by atoms with Gasteiger partial charge in [0.25, 0.3) is 11.8 Å². The number of aromatic nitrogens is 2. The molecule has 1 saturated heterocycles. The Hall–Kier alpha value is -4.42. The second-order valence-corrected chi connectivity index (χ2v) is 9.86. The minimum atomic E-state index is -1.12. The minimum Gasteiger partial charge on any atom is -0.497 e. The maximum Gasteiger partial charge on any atom is 0.273 e. The summed E-state index contributed by atoms with van der Waals surface area (Å²) in [4.78, 5) is 44.6. The lowest BCUT2D eigenvalue weighted by atomic mass is 10.0. The first-order valence-electron chi connectivity index (χ1n) is 12.4. The maximum atomic E-state index is 14.2. The Morgan fingerprint density at radius 1 is 1.26 bits per heavy atom. The van der Waals surface area contributed by atoms with E-state index in [1.165, 1.54) is 12.0 Å². The van der Waals surface area contributed by atoms with Gasteiger partial charge in [0, 0.05) is 47.6 Å². The Labute approximate surface area is 228 Å². The first-order chi connectivity index (χ1) is 18.9. The van der Waals surface area contributed by atoms with Crippen molar-refractivity contribution >= 4 is 51.5 Å². The Kier molecular flexibility index (Phi) is 7.48. The monoisotopic (exact) mass is 548 g/mol. The van der Waals surface area contributed by atoms with Gasteiger partial charge in [-0.2, -0.15) is 4.37 Å². The number of primary amides is 1. The van der Waals surface area contributed by atoms with Crippen LogP contribution in [0.1, 0.15) is 44.6 Å². The van der Waals surface area contributed by atoms with Crippen LogP contribution in [0.3, 0.4) is 0 Å². The van der Waals surface area contributed by atoms with E-state index in [1.807, 2.05) is 24.3 Å². The number of rotatable bonds is 9. The molecule has 1 aliphatic rings. The Balaban J connectivity index is 1.66. The molecule has 1 fully saturated rings. The number of carbonyl (C=O) groups excluding carboxylic acids is 3. The number of para-hydroxylation sites is 1. The van der Waals surface area contributed by atoms with Gasteiger partial charge in [-0.15, -0.1) is 0 Å². The highest BCUT2D eigenvalue weighted by Gasteiger charge is 2.37. The number of carbonyl (C=O) groups is 3. The molecular formula is C27H28N6O5S. The Morgan fingerprint density at radius 3 is 2.79 bits per heavy atom. The van der Waals surface area contributed by atoms with Crippen LogP contribution >= 0.6 is 11.5 Å². The number of benzene rings is 2. The maximum absolute atomic E-state index is 14.2. The number of fused-ring (bicyclic) bond motifs is 1. The van der Waals surface area contributed by atoms with Crippen LogP contribution in [0.25, 0.3) is 10.9 Å². The number of nitrogens with zero attached hydrogens (tertiary/aromatic N) is 2. The molecule has 2 aromatic carbocycles. The van der Waals surface area contributed by atoms with Gasteiger partial charge in [0.1, 0.15) is 16.7 Å². The van der Waals surface area contributed by atoms with Crippen molar-refractivity contribution in [3.63, 3.8) is 0 Å². The van der Waals surface area contributed by atoms with E-state index in [9.17, 15) is 14.4 Å². The smallest absolute Gasteiger partial charge is 0.273 e. The van der Waals surface area contributed by atoms with Crippen LogP contribution in [-0.2, 0) is 9.53 Å². The largest absolute Gasteiger partial charge is 0.497 e. The molecule has 39 heavy (non-hydrogen) atoms. The van der Waals surface area contributed by atoms with Crippen molar-refractivity contribution in [1.29, 1.82) is 0 Å². The zero-order valence-corrected chi connectivity index (χ0v) is 22.0. The van der Waals surface area contributed by atoms with Gasteiger partial charge in [0.2, 0.25) is 5.91 Å². The lowest BCUT2D eigenvalue weighted by Crippen LogP contribution is -2.45. The van der Waals surface area contributed by atoms with Crippen molar-refractivity contribution in [1.82, 2.24) is 14.7 Å². The van der Waals surface area contributed by atoms with Crippen LogP contribution < -0.4 is 26.4 Å². The Morgan fingerprint density at radius 2 is 2.08 bits per heavy atom.